The number of hydrogen-bond donors (Lipinski definition) is 1. The third-order valence-corrected chi connectivity index (χ3v) is 2.98. The zero-order valence-corrected chi connectivity index (χ0v) is 10.5. The molecule has 3 rings (SSSR count). The van der Waals surface area contributed by atoms with Gasteiger partial charge < -0.3 is 5.11 Å². The SMILES string of the molecule is O=C(O)N(c1ccc2ccccc2c1)c1ccncn1. The molecule has 98 valence electrons. The molecule has 0 fully saturated rings. The number of aromatic nitrogens is 2. The Kier molecular flexibility index (Phi) is 3.01. The van der Waals surface area contributed by atoms with Crippen LogP contribution in [0.25, 0.3) is 10.8 Å². The molecule has 0 bridgehead atoms. The normalized spacial score (nSPS) is 10.4. The first-order valence-electron chi connectivity index (χ1n) is 6.03. The number of benzene rings is 2. The number of hydrogen-bond acceptors (Lipinski definition) is 3. The number of amides is 1. The Bertz CT molecular complexity index is 759. The smallest absolute Gasteiger partial charge is 0.417 e. The quantitative estimate of drug-likeness (QED) is 0.770. The van der Waals surface area contributed by atoms with Gasteiger partial charge in [0.25, 0.3) is 0 Å². The second kappa shape index (κ2) is 4.97. The van der Waals surface area contributed by atoms with Crippen molar-refractivity contribution in [1.29, 1.82) is 0 Å². The third kappa shape index (κ3) is 2.16. The lowest BCUT2D eigenvalue weighted by atomic mass is 10.1. The Morgan fingerprint density at radius 1 is 1.05 bits per heavy atom. The molecule has 0 unspecified atom stereocenters. The molecule has 5 nitrogen and oxygen atoms in total. The Morgan fingerprint density at radius 3 is 2.55 bits per heavy atom. The van der Waals surface area contributed by atoms with E-state index in [2.05, 4.69) is 9.97 Å². The summed E-state index contributed by atoms with van der Waals surface area (Å²) >= 11 is 0. The van der Waals surface area contributed by atoms with Crippen molar-refractivity contribution in [1.82, 2.24) is 9.97 Å². The van der Waals surface area contributed by atoms with Gasteiger partial charge in [-0.25, -0.2) is 19.7 Å². The lowest BCUT2D eigenvalue weighted by Gasteiger charge is -2.18. The van der Waals surface area contributed by atoms with Gasteiger partial charge in [0.1, 0.15) is 12.1 Å². The predicted octanol–water partition coefficient (Wildman–Crippen LogP) is 3.45. The maximum Gasteiger partial charge on any atom is 0.417 e. The fourth-order valence-electron chi connectivity index (χ4n) is 2.07. The van der Waals surface area contributed by atoms with Gasteiger partial charge >= 0.3 is 6.09 Å². The van der Waals surface area contributed by atoms with Crippen LogP contribution in [0.5, 0.6) is 0 Å². The zero-order chi connectivity index (χ0) is 13.9. The molecule has 2 aromatic carbocycles. The standard InChI is InChI=1S/C15H11N3O2/c19-15(20)18(14-7-8-16-10-17-14)13-6-5-11-3-1-2-4-12(11)9-13/h1-10H,(H,19,20). The molecule has 20 heavy (non-hydrogen) atoms. The highest BCUT2D eigenvalue weighted by Crippen LogP contribution is 2.27. The molecule has 1 aromatic heterocycles. The molecule has 0 atom stereocenters. The zero-order valence-electron chi connectivity index (χ0n) is 10.5. The first-order chi connectivity index (χ1) is 9.75. The average Bonchev–Trinajstić information content (AvgIpc) is 2.48. The fourth-order valence-corrected chi connectivity index (χ4v) is 2.07. The van der Waals surface area contributed by atoms with Gasteiger partial charge in [-0.05, 0) is 29.0 Å². The Hall–Kier alpha value is -2.95. The van der Waals surface area contributed by atoms with E-state index in [1.807, 2.05) is 36.4 Å². The number of fused-ring (bicyclic) bond motifs is 1. The molecule has 3 aromatic rings. The predicted molar refractivity (Wildman–Crippen MR) is 76.1 cm³/mol. The van der Waals surface area contributed by atoms with Crippen LogP contribution in [0, 0.1) is 0 Å². The Balaban J connectivity index is 2.13. The summed E-state index contributed by atoms with van der Waals surface area (Å²) in [7, 11) is 0. The molecule has 1 heterocycles. The summed E-state index contributed by atoms with van der Waals surface area (Å²) in [5, 5.41) is 11.5. The highest BCUT2D eigenvalue weighted by atomic mass is 16.4. The van der Waals surface area contributed by atoms with Crippen LogP contribution in [-0.4, -0.2) is 21.2 Å². The monoisotopic (exact) mass is 265 g/mol. The molecule has 0 spiro atoms. The minimum absolute atomic E-state index is 0.322. The van der Waals surface area contributed by atoms with Crippen molar-refractivity contribution in [3.63, 3.8) is 0 Å². The van der Waals surface area contributed by atoms with Crippen molar-refractivity contribution in [3.8, 4) is 0 Å². The maximum absolute atomic E-state index is 11.5. The molecular formula is C15H11N3O2. The third-order valence-electron chi connectivity index (χ3n) is 2.98. The van der Waals surface area contributed by atoms with Gasteiger partial charge in [0.15, 0.2) is 0 Å². The highest BCUT2D eigenvalue weighted by molar-refractivity contribution is 5.97. The van der Waals surface area contributed by atoms with Crippen LogP contribution in [0.4, 0.5) is 16.3 Å². The Morgan fingerprint density at radius 2 is 1.85 bits per heavy atom. The van der Waals surface area contributed by atoms with Crippen LogP contribution in [0.15, 0.2) is 61.1 Å². The molecular weight excluding hydrogens is 254 g/mol. The maximum atomic E-state index is 11.5. The van der Waals surface area contributed by atoms with Gasteiger partial charge in [-0.2, -0.15) is 0 Å². The summed E-state index contributed by atoms with van der Waals surface area (Å²) in [6.45, 7) is 0. The molecule has 1 amide bonds. The van der Waals surface area contributed by atoms with Gasteiger partial charge in [-0.1, -0.05) is 30.3 Å². The van der Waals surface area contributed by atoms with E-state index >= 15 is 0 Å². The van der Waals surface area contributed by atoms with Gasteiger partial charge in [0.05, 0.1) is 5.69 Å². The van der Waals surface area contributed by atoms with E-state index in [9.17, 15) is 9.90 Å². The summed E-state index contributed by atoms with van der Waals surface area (Å²) < 4.78 is 0. The molecule has 0 radical (unpaired) electrons. The summed E-state index contributed by atoms with van der Waals surface area (Å²) in [5.74, 6) is 0.322. The molecule has 1 N–H and O–H groups in total. The summed E-state index contributed by atoms with van der Waals surface area (Å²) in [6, 6.07) is 14.8. The van der Waals surface area contributed by atoms with E-state index in [0.29, 0.717) is 11.5 Å². The molecule has 0 aliphatic carbocycles. The van der Waals surface area contributed by atoms with Crippen LogP contribution >= 0.6 is 0 Å². The van der Waals surface area contributed by atoms with E-state index in [-0.39, 0.29) is 0 Å². The Labute approximate surface area is 115 Å². The molecule has 0 aliphatic rings. The van der Waals surface area contributed by atoms with Crippen molar-refractivity contribution < 1.29 is 9.90 Å². The minimum atomic E-state index is -1.08. The van der Waals surface area contributed by atoms with Crippen LogP contribution in [-0.2, 0) is 0 Å². The number of nitrogens with zero attached hydrogens (tertiary/aromatic N) is 3. The molecule has 0 saturated heterocycles. The first kappa shape index (κ1) is 12.1. The lowest BCUT2D eigenvalue weighted by Crippen LogP contribution is -2.24. The number of anilines is 2. The average molecular weight is 265 g/mol. The van der Waals surface area contributed by atoms with E-state index in [4.69, 9.17) is 0 Å². The van der Waals surface area contributed by atoms with E-state index in [1.165, 1.54) is 12.5 Å². The van der Waals surface area contributed by atoms with Crippen molar-refractivity contribution in [3.05, 3.63) is 61.1 Å². The second-order valence-corrected chi connectivity index (χ2v) is 4.22. The molecule has 0 saturated carbocycles. The van der Waals surface area contributed by atoms with Gasteiger partial charge in [-0.15, -0.1) is 0 Å². The van der Waals surface area contributed by atoms with E-state index in [1.54, 1.807) is 12.1 Å². The van der Waals surface area contributed by atoms with Gasteiger partial charge in [0, 0.05) is 6.20 Å². The first-order valence-corrected chi connectivity index (χ1v) is 6.03. The largest absolute Gasteiger partial charge is 0.464 e. The second-order valence-electron chi connectivity index (χ2n) is 4.22. The van der Waals surface area contributed by atoms with Crippen molar-refractivity contribution in [2.24, 2.45) is 0 Å². The summed E-state index contributed by atoms with van der Waals surface area (Å²) in [4.78, 5) is 20.4. The molecule has 0 aliphatic heterocycles. The van der Waals surface area contributed by atoms with Crippen LogP contribution in [0.2, 0.25) is 0 Å². The summed E-state index contributed by atoms with van der Waals surface area (Å²) in [6.07, 6.45) is 1.75. The topological polar surface area (TPSA) is 66.3 Å². The molecule has 5 heteroatoms. The number of rotatable bonds is 2. The fraction of sp³-hybridized carbons (Fsp3) is 0. The van der Waals surface area contributed by atoms with Crippen molar-refractivity contribution in [2.75, 3.05) is 4.90 Å². The van der Waals surface area contributed by atoms with Crippen molar-refractivity contribution >= 4 is 28.4 Å². The minimum Gasteiger partial charge on any atom is -0.464 e. The highest BCUT2D eigenvalue weighted by Gasteiger charge is 2.18. The summed E-state index contributed by atoms with van der Waals surface area (Å²) in [5.41, 5.74) is 0.551. The number of carboxylic acid groups (broad SMARTS) is 1. The van der Waals surface area contributed by atoms with Crippen LogP contribution in [0.1, 0.15) is 0 Å². The van der Waals surface area contributed by atoms with Gasteiger partial charge in [0.2, 0.25) is 0 Å². The van der Waals surface area contributed by atoms with E-state index in [0.717, 1.165) is 15.7 Å². The van der Waals surface area contributed by atoms with Gasteiger partial charge in [-0.3, -0.25) is 0 Å². The lowest BCUT2D eigenvalue weighted by molar-refractivity contribution is 0.204. The van der Waals surface area contributed by atoms with Crippen molar-refractivity contribution in [2.45, 2.75) is 0 Å². The number of carbonyl (C=O) groups is 1. The van der Waals surface area contributed by atoms with Crippen LogP contribution in [0.3, 0.4) is 0 Å². The van der Waals surface area contributed by atoms with E-state index < -0.39 is 6.09 Å². The van der Waals surface area contributed by atoms with Crippen LogP contribution < -0.4 is 4.90 Å².